The third-order valence-electron chi connectivity index (χ3n) is 2.97. The Morgan fingerprint density at radius 2 is 1.24 bits per heavy atom. The van der Waals surface area contributed by atoms with Crippen molar-refractivity contribution < 1.29 is 35.8 Å². The van der Waals surface area contributed by atoms with Crippen LogP contribution in [0.1, 0.15) is 5.56 Å². The van der Waals surface area contributed by atoms with Gasteiger partial charge in [-0.25, -0.2) is 0 Å². The maximum atomic E-state index is 13.7. The van der Waals surface area contributed by atoms with Crippen molar-refractivity contribution >= 4 is 10.8 Å². The highest BCUT2D eigenvalue weighted by atomic mass is 19.4. The van der Waals surface area contributed by atoms with Gasteiger partial charge in [0.2, 0.25) is 0 Å². The van der Waals surface area contributed by atoms with E-state index in [0.717, 1.165) is 18.2 Å². The van der Waals surface area contributed by atoms with Gasteiger partial charge in [-0.2, -0.15) is 30.7 Å². The van der Waals surface area contributed by atoms with E-state index in [0.29, 0.717) is 12.1 Å². The van der Waals surface area contributed by atoms with Gasteiger partial charge in [0.15, 0.2) is 5.75 Å². The minimum Gasteiger partial charge on any atom is -0.289 e. The molecule has 0 bridgehead atoms. The molecule has 2 rings (SSSR count). The summed E-state index contributed by atoms with van der Waals surface area (Å²) in [6, 6.07) is 5.25. The molecule has 0 aromatic heterocycles. The lowest BCUT2D eigenvalue weighted by Crippen LogP contribution is -2.50. The van der Waals surface area contributed by atoms with Crippen molar-refractivity contribution in [3.8, 4) is 5.75 Å². The molecule has 0 atom stereocenters. The van der Waals surface area contributed by atoms with E-state index in [9.17, 15) is 35.8 Å². The number of benzene rings is 2. The smallest absolute Gasteiger partial charge is 0.289 e. The number of rotatable bonds is 2. The zero-order chi connectivity index (χ0) is 16.1. The lowest BCUT2D eigenvalue weighted by molar-refractivity contribution is -0.359. The fourth-order valence-corrected chi connectivity index (χ4v) is 1.89. The van der Waals surface area contributed by atoms with Crippen molar-refractivity contribution in [3.05, 3.63) is 42.0 Å². The Balaban J connectivity index is 2.75. The molecule has 1 radical (unpaired) electrons. The molecule has 0 fully saturated rings. The highest BCUT2D eigenvalue weighted by molar-refractivity contribution is 5.91. The van der Waals surface area contributed by atoms with E-state index in [2.05, 4.69) is 0 Å². The maximum absolute atomic E-state index is 13.7. The van der Waals surface area contributed by atoms with Gasteiger partial charge in [-0.15, -0.1) is 0 Å². The predicted molar refractivity (Wildman–Crippen MR) is 59.0 cm³/mol. The third kappa shape index (κ3) is 2.18. The van der Waals surface area contributed by atoms with E-state index in [1.165, 1.54) is 6.07 Å². The molecule has 2 aromatic rings. The summed E-state index contributed by atoms with van der Waals surface area (Å²) in [4.78, 5) is 0. The normalized spacial score (nSPS) is 13.7. The van der Waals surface area contributed by atoms with Gasteiger partial charge in [0, 0.05) is 10.9 Å². The van der Waals surface area contributed by atoms with Crippen LogP contribution in [0.15, 0.2) is 36.4 Å². The molecule has 113 valence electrons. The molecule has 2 aromatic carbocycles. The lowest BCUT2D eigenvalue weighted by Gasteiger charge is -2.29. The fraction of sp³-hybridized carbons (Fsp3) is 0.231. The van der Waals surface area contributed by atoms with Crippen LogP contribution >= 0.6 is 0 Å². The second kappa shape index (κ2) is 4.51. The average Bonchev–Trinajstić information content (AvgIpc) is 2.37. The molecule has 0 N–H and O–H groups in total. The minimum absolute atomic E-state index is 0.296. The van der Waals surface area contributed by atoms with E-state index in [1.807, 2.05) is 0 Å². The largest absolute Gasteiger partial charge is 0.460 e. The van der Waals surface area contributed by atoms with Gasteiger partial charge in [0.1, 0.15) is 0 Å². The van der Waals surface area contributed by atoms with Crippen LogP contribution in [0.4, 0.5) is 30.7 Å². The molecule has 1 nitrogen and oxygen atoms in total. The Kier molecular flexibility index (Phi) is 3.30. The first kappa shape index (κ1) is 15.4. The Hall–Kier alpha value is -1.99. The van der Waals surface area contributed by atoms with E-state index in [1.54, 1.807) is 0 Å². The minimum atomic E-state index is -6.42. The number of fused-ring (bicyclic) bond motifs is 1. The van der Waals surface area contributed by atoms with E-state index in [-0.39, 0.29) is 5.39 Å². The molecule has 21 heavy (non-hydrogen) atoms. The maximum Gasteiger partial charge on any atom is 0.460 e. The van der Waals surface area contributed by atoms with Crippen molar-refractivity contribution in [2.45, 2.75) is 18.0 Å². The van der Waals surface area contributed by atoms with Gasteiger partial charge >= 0.3 is 18.0 Å². The molecule has 0 amide bonds. The third-order valence-corrected chi connectivity index (χ3v) is 2.97. The fourth-order valence-electron chi connectivity index (χ4n) is 1.89. The van der Waals surface area contributed by atoms with E-state index in [4.69, 9.17) is 0 Å². The molecule has 0 aliphatic carbocycles. The molecular weight excluding hydrogens is 305 g/mol. The Bertz CT molecular complexity index is 676. The quantitative estimate of drug-likeness (QED) is 0.673. The summed E-state index contributed by atoms with van der Waals surface area (Å²) < 4.78 is 90.2. The van der Waals surface area contributed by atoms with Gasteiger partial charge in [0.05, 0.1) is 0 Å². The number of alkyl halides is 7. The van der Waals surface area contributed by atoms with Crippen molar-refractivity contribution in [1.29, 1.82) is 0 Å². The van der Waals surface area contributed by atoms with Crippen LogP contribution in [0, 0.1) is 0 Å². The summed E-state index contributed by atoms with van der Waals surface area (Å²) in [5.41, 5.74) is -1.54. The van der Waals surface area contributed by atoms with Crippen LogP contribution in [0.25, 0.3) is 10.8 Å². The van der Waals surface area contributed by atoms with Gasteiger partial charge in [-0.3, -0.25) is 5.11 Å². The summed E-state index contributed by atoms with van der Waals surface area (Å²) in [6.45, 7) is 0. The Morgan fingerprint density at radius 1 is 0.714 bits per heavy atom. The topological polar surface area (TPSA) is 19.9 Å². The molecule has 0 aliphatic heterocycles. The average molecular weight is 311 g/mol. The van der Waals surface area contributed by atoms with Crippen LogP contribution in [-0.2, 0) is 11.0 Å². The second-order valence-electron chi connectivity index (χ2n) is 4.30. The molecule has 0 saturated carbocycles. The molecule has 0 aliphatic rings. The van der Waals surface area contributed by atoms with E-state index >= 15 is 0 Å². The molecule has 0 unspecified atom stereocenters. The van der Waals surface area contributed by atoms with Crippen molar-refractivity contribution in [2.24, 2.45) is 0 Å². The summed E-state index contributed by atoms with van der Waals surface area (Å²) in [5, 5.41) is 10.5. The van der Waals surface area contributed by atoms with Gasteiger partial charge in [-0.1, -0.05) is 24.3 Å². The second-order valence-corrected chi connectivity index (χ2v) is 4.30. The van der Waals surface area contributed by atoms with Crippen LogP contribution in [0.5, 0.6) is 5.75 Å². The molecule has 0 saturated heterocycles. The zero-order valence-electron chi connectivity index (χ0n) is 10.0. The van der Waals surface area contributed by atoms with Crippen LogP contribution in [0.3, 0.4) is 0 Å². The number of halogens is 7. The SMILES string of the molecule is [O]c1ccc(C(F)(F)C(F)(F)C(F)(F)F)c2ccccc12. The monoisotopic (exact) mass is 311 g/mol. The highest BCUT2D eigenvalue weighted by Gasteiger charge is 2.73. The van der Waals surface area contributed by atoms with E-state index < -0.39 is 34.7 Å². The van der Waals surface area contributed by atoms with Crippen molar-refractivity contribution in [2.75, 3.05) is 0 Å². The molecule has 0 heterocycles. The molecular formula is C13H6F7O. The summed E-state index contributed by atoms with van der Waals surface area (Å²) >= 11 is 0. The van der Waals surface area contributed by atoms with Gasteiger partial charge in [-0.05, 0) is 17.5 Å². The molecule has 0 spiro atoms. The Morgan fingerprint density at radius 3 is 1.76 bits per heavy atom. The highest BCUT2D eigenvalue weighted by Crippen LogP contribution is 2.53. The summed E-state index contributed by atoms with van der Waals surface area (Å²) in [5.74, 6) is -12.5. The first-order chi connectivity index (χ1) is 9.50. The summed E-state index contributed by atoms with van der Waals surface area (Å²) in [7, 11) is 0. The summed E-state index contributed by atoms with van der Waals surface area (Å²) in [6.07, 6.45) is -6.42. The van der Waals surface area contributed by atoms with Crippen molar-refractivity contribution in [1.82, 2.24) is 0 Å². The van der Waals surface area contributed by atoms with Crippen LogP contribution in [0.2, 0.25) is 0 Å². The number of hydrogen-bond donors (Lipinski definition) is 0. The standard InChI is InChI=1S/C13H6F7O/c14-11(15,12(16,17)13(18,19)20)9-5-6-10(21)8-4-2-1-3-7(8)9/h1-6H. The van der Waals surface area contributed by atoms with Crippen molar-refractivity contribution in [3.63, 3.8) is 0 Å². The number of hydrogen-bond acceptors (Lipinski definition) is 0. The first-order valence-electron chi connectivity index (χ1n) is 5.52. The Labute approximate surface area is 113 Å². The van der Waals surface area contributed by atoms with Gasteiger partial charge < -0.3 is 0 Å². The lowest BCUT2D eigenvalue weighted by atomic mass is 9.95. The predicted octanol–water partition coefficient (Wildman–Crippen LogP) is 5.27. The zero-order valence-corrected chi connectivity index (χ0v) is 10.0. The van der Waals surface area contributed by atoms with Crippen LogP contribution in [-0.4, -0.2) is 12.1 Å². The first-order valence-corrected chi connectivity index (χ1v) is 5.52. The van der Waals surface area contributed by atoms with Gasteiger partial charge in [0.25, 0.3) is 0 Å². The van der Waals surface area contributed by atoms with Crippen LogP contribution < -0.4 is 0 Å². The molecule has 8 heteroatoms.